The molecular formula is C22H20ClFN4OS. The number of amides is 1. The van der Waals surface area contributed by atoms with Crippen molar-refractivity contribution in [1.29, 1.82) is 0 Å². The molecule has 2 aromatic carbocycles. The number of carbonyl (C=O) groups excluding carboxylic acids is 1. The summed E-state index contributed by atoms with van der Waals surface area (Å²) in [5, 5.41) is 1.25. The van der Waals surface area contributed by atoms with Gasteiger partial charge in [0.05, 0.1) is 28.0 Å². The van der Waals surface area contributed by atoms with Gasteiger partial charge in [-0.25, -0.2) is 14.4 Å². The van der Waals surface area contributed by atoms with Crippen LogP contribution in [0.2, 0.25) is 5.02 Å². The van der Waals surface area contributed by atoms with E-state index in [0.717, 1.165) is 34.3 Å². The molecule has 2 aromatic heterocycles. The van der Waals surface area contributed by atoms with Crippen LogP contribution in [0.4, 0.5) is 9.52 Å². The molecule has 0 radical (unpaired) electrons. The Morgan fingerprint density at radius 1 is 1.23 bits per heavy atom. The molecule has 2 heterocycles. The van der Waals surface area contributed by atoms with Crippen molar-refractivity contribution in [3.8, 4) is 0 Å². The summed E-state index contributed by atoms with van der Waals surface area (Å²) in [6.07, 6.45) is 6.30. The molecule has 4 rings (SSSR count). The van der Waals surface area contributed by atoms with Crippen LogP contribution in [0.1, 0.15) is 17.5 Å². The SMILES string of the molecule is Cc1ccc(Cl)c2sc(N(CCCn3ccnc3)C(=O)Cc3ccc(F)cc3)nc12. The highest BCUT2D eigenvalue weighted by molar-refractivity contribution is 7.23. The zero-order valence-electron chi connectivity index (χ0n) is 16.4. The molecular weight excluding hydrogens is 423 g/mol. The maximum atomic E-state index is 13.2. The number of hydrogen-bond acceptors (Lipinski definition) is 4. The zero-order valence-corrected chi connectivity index (χ0v) is 18.0. The Morgan fingerprint density at radius 3 is 2.73 bits per heavy atom. The number of aromatic nitrogens is 3. The van der Waals surface area contributed by atoms with Crippen molar-refractivity contribution < 1.29 is 9.18 Å². The van der Waals surface area contributed by atoms with Crippen molar-refractivity contribution in [3.05, 3.63) is 77.1 Å². The average Bonchev–Trinajstić information content (AvgIpc) is 3.40. The van der Waals surface area contributed by atoms with E-state index < -0.39 is 0 Å². The predicted octanol–water partition coefficient (Wildman–Crippen LogP) is 5.26. The molecule has 0 aliphatic heterocycles. The molecule has 0 atom stereocenters. The highest BCUT2D eigenvalue weighted by atomic mass is 35.5. The Labute approximate surface area is 182 Å². The van der Waals surface area contributed by atoms with Crippen LogP contribution in [0.15, 0.2) is 55.1 Å². The van der Waals surface area contributed by atoms with E-state index in [1.807, 2.05) is 29.8 Å². The fourth-order valence-electron chi connectivity index (χ4n) is 3.24. The second-order valence-electron chi connectivity index (χ2n) is 7.04. The summed E-state index contributed by atoms with van der Waals surface area (Å²) in [5.74, 6) is -0.403. The second-order valence-corrected chi connectivity index (χ2v) is 8.43. The third-order valence-corrected chi connectivity index (χ3v) is 6.38. The van der Waals surface area contributed by atoms with Gasteiger partial charge in [-0.3, -0.25) is 9.69 Å². The molecule has 8 heteroatoms. The first-order chi connectivity index (χ1) is 14.5. The quantitative estimate of drug-likeness (QED) is 0.392. The number of rotatable bonds is 7. The number of halogens is 2. The summed E-state index contributed by atoms with van der Waals surface area (Å²) in [6.45, 7) is 3.23. The van der Waals surface area contributed by atoms with Gasteiger partial charge in [-0.15, -0.1) is 0 Å². The lowest BCUT2D eigenvalue weighted by atomic mass is 10.1. The minimum Gasteiger partial charge on any atom is -0.337 e. The van der Waals surface area contributed by atoms with Crippen molar-refractivity contribution >= 4 is 44.2 Å². The zero-order chi connectivity index (χ0) is 21.1. The van der Waals surface area contributed by atoms with Gasteiger partial charge in [0.1, 0.15) is 5.82 Å². The Hall–Kier alpha value is -2.77. The van der Waals surface area contributed by atoms with Gasteiger partial charge in [0.15, 0.2) is 5.13 Å². The van der Waals surface area contributed by atoms with Gasteiger partial charge in [-0.2, -0.15) is 0 Å². The summed E-state index contributed by atoms with van der Waals surface area (Å²) in [4.78, 5) is 23.7. The number of carbonyl (C=O) groups is 1. The van der Waals surface area contributed by atoms with Crippen LogP contribution < -0.4 is 4.90 Å². The van der Waals surface area contributed by atoms with Gasteiger partial charge in [0.2, 0.25) is 5.91 Å². The average molecular weight is 443 g/mol. The van der Waals surface area contributed by atoms with E-state index in [2.05, 4.69) is 4.98 Å². The molecule has 0 saturated heterocycles. The van der Waals surface area contributed by atoms with Crippen molar-refractivity contribution in [1.82, 2.24) is 14.5 Å². The maximum absolute atomic E-state index is 13.2. The number of hydrogen-bond donors (Lipinski definition) is 0. The number of imidazole rings is 1. The lowest BCUT2D eigenvalue weighted by Crippen LogP contribution is -2.33. The van der Waals surface area contributed by atoms with Gasteiger partial charge >= 0.3 is 0 Å². The van der Waals surface area contributed by atoms with Crippen molar-refractivity contribution in [2.45, 2.75) is 26.3 Å². The molecule has 154 valence electrons. The van der Waals surface area contributed by atoms with E-state index in [0.29, 0.717) is 16.7 Å². The first-order valence-electron chi connectivity index (χ1n) is 9.57. The molecule has 0 aliphatic rings. The maximum Gasteiger partial charge on any atom is 0.233 e. The molecule has 0 N–H and O–H groups in total. The number of aryl methyl sites for hydroxylation is 2. The van der Waals surface area contributed by atoms with E-state index in [4.69, 9.17) is 16.6 Å². The first kappa shape index (κ1) is 20.5. The fourth-order valence-corrected chi connectivity index (χ4v) is 4.60. The Morgan fingerprint density at radius 2 is 2.03 bits per heavy atom. The van der Waals surface area contributed by atoms with Crippen LogP contribution in [0.3, 0.4) is 0 Å². The smallest absolute Gasteiger partial charge is 0.233 e. The monoisotopic (exact) mass is 442 g/mol. The Bertz CT molecular complexity index is 1120. The summed E-state index contributed by atoms with van der Waals surface area (Å²) in [6, 6.07) is 9.79. The fraction of sp³-hybridized carbons (Fsp3) is 0.227. The minimum atomic E-state index is -0.320. The van der Waals surface area contributed by atoms with Crippen LogP contribution in [0.25, 0.3) is 10.2 Å². The largest absolute Gasteiger partial charge is 0.337 e. The molecule has 30 heavy (non-hydrogen) atoms. The summed E-state index contributed by atoms with van der Waals surface area (Å²) >= 11 is 7.78. The summed E-state index contributed by atoms with van der Waals surface area (Å²) in [5.41, 5.74) is 2.59. The Kier molecular flexibility index (Phi) is 6.11. The van der Waals surface area contributed by atoms with E-state index in [9.17, 15) is 9.18 Å². The summed E-state index contributed by atoms with van der Waals surface area (Å²) < 4.78 is 16.1. The number of thiazole rings is 1. The van der Waals surface area contributed by atoms with Crippen molar-refractivity contribution in [3.63, 3.8) is 0 Å². The van der Waals surface area contributed by atoms with Crippen LogP contribution >= 0.6 is 22.9 Å². The normalized spacial score (nSPS) is 11.2. The molecule has 0 aliphatic carbocycles. The summed E-state index contributed by atoms with van der Waals surface area (Å²) in [7, 11) is 0. The molecule has 0 fully saturated rings. The van der Waals surface area contributed by atoms with Gasteiger partial charge in [-0.1, -0.05) is 41.1 Å². The molecule has 1 amide bonds. The molecule has 0 saturated carbocycles. The predicted molar refractivity (Wildman–Crippen MR) is 119 cm³/mol. The van der Waals surface area contributed by atoms with Crippen LogP contribution in [0.5, 0.6) is 0 Å². The first-order valence-corrected chi connectivity index (χ1v) is 10.8. The van der Waals surface area contributed by atoms with Crippen molar-refractivity contribution in [2.75, 3.05) is 11.4 Å². The standard InChI is InChI=1S/C22H20ClFN4OS/c1-15-3-8-18(23)21-20(15)26-22(30-21)28(11-2-10-27-12-9-25-14-27)19(29)13-16-4-6-17(24)7-5-16/h3-9,12,14H,2,10-11,13H2,1H3. The lowest BCUT2D eigenvalue weighted by molar-refractivity contribution is -0.118. The molecule has 0 unspecified atom stereocenters. The van der Waals surface area contributed by atoms with E-state index >= 15 is 0 Å². The van der Waals surface area contributed by atoms with E-state index in [1.165, 1.54) is 23.5 Å². The van der Waals surface area contributed by atoms with Gasteiger partial charge < -0.3 is 4.57 Å². The van der Waals surface area contributed by atoms with E-state index in [1.54, 1.807) is 29.6 Å². The number of nitrogens with zero attached hydrogens (tertiary/aromatic N) is 4. The van der Waals surface area contributed by atoms with E-state index in [-0.39, 0.29) is 18.1 Å². The highest BCUT2D eigenvalue weighted by Gasteiger charge is 2.21. The van der Waals surface area contributed by atoms with Crippen LogP contribution in [-0.2, 0) is 17.8 Å². The third-order valence-electron chi connectivity index (χ3n) is 4.84. The minimum absolute atomic E-state index is 0.0833. The Balaban J connectivity index is 1.60. The third kappa shape index (κ3) is 4.52. The van der Waals surface area contributed by atoms with Gasteiger partial charge in [0.25, 0.3) is 0 Å². The number of fused-ring (bicyclic) bond motifs is 1. The molecule has 4 aromatic rings. The van der Waals surface area contributed by atoms with Crippen LogP contribution in [-0.4, -0.2) is 27.0 Å². The van der Waals surface area contributed by atoms with Crippen LogP contribution in [0, 0.1) is 12.7 Å². The molecule has 0 spiro atoms. The lowest BCUT2D eigenvalue weighted by Gasteiger charge is -2.20. The number of benzene rings is 2. The van der Waals surface area contributed by atoms with Crippen molar-refractivity contribution in [2.24, 2.45) is 0 Å². The van der Waals surface area contributed by atoms with Gasteiger partial charge in [0, 0.05) is 25.5 Å². The number of anilines is 1. The second kappa shape index (κ2) is 8.93. The topological polar surface area (TPSA) is 51.0 Å². The molecule has 0 bridgehead atoms. The molecule has 5 nitrogen and oxygen atoms in total. The highest BCUT2D eigenvalue weighted by Crippen LogP contribution is 2.36. The van der Waals surface area contributed by atoms with Gasteiger partial charge in [-0.05, 0) is 42.7 Å².